The summed E-state index contributed by atoms with van der Waals surface area (Å²) in [4.78, 5) is 23.2. The largest absolute Gasteiger partial charge is 0.348 e. The van der Waals surface area contributed by atoms with E-state index in [0.717, 1.165) is 0 Å². The Hall–Kier alpha value is -1.65. The van der Waals surface area contributed by atoms with Gasteiger partial charge in [-0.3, -0.25) is 9.59 Å². The number of carbonyl (C=O) groups excluding carboxylic acids is 1. The SMILES string of the molecule is CC(C)Cn1nc(C(=O)NC(C)C)ccc1=O. The highest BCUT2D eigenvalue weighted by Gasteiger charge is 2.10. The lowest BCUT2D eigenvalue weighted by Crippen LogP contribution is -2.33. The van der Waals surface area contributed by atoms with Gasteiger partial charge in [0.25, 0.3) is 11.5 Å². The molecule has 17 heavy (non-hydrogen) atoms. The van der Waals surface area contributed by atoms with Gasteiger partial charge < -0.3 is 5.32 Å². The Kier molecular flexibility index (Phi) is 4.43. The van der Waals surface area contributed by atoms with E-state index in [2.05, 4.69) is 10.4 Å². The van der Waals surface area contributed by atoms with Crippen molar-refractivity contribution in [3.05, 3.63) is 28.2 Å². The third-order valence-corrected chi connectivity index (χ3v) is 2.06. The Morgan fingerprint density at radius 1 is 1.35 bits per heavy atom. The van der Waals surface area contributed by atoms with Crippen LogP contribution in [0.3, 0.4) is 0 Å². The highest BCUT2D eigenvalue weighted by atomic mass is 16.2. The number of hydrogen-bond acceptors (Lipinski definition) is 3. The second-order valence-electron chi connectivity index (χ2n) is 4.76. The van der Waals surface area contributed by atoms with Gasteiger partial charge in [0.2, 0.25) is 0 Å². The molecule has 0 atom stereocenters. The Balaban J connectivity index is 2.96. The van der Waals surface area contributed by atoms with Gasteiger partial charge in [-0.05, 0) is 25.8 Å². The first-order valence-corrected chi connectivity index (χ1v) is 5.79. The summed E-state index contributed by atoms with van der Waals surface area (Å²) < 4.78 is 1.33. The molecule has 1 aromatic rings. The molecule has 0 saturated carbocycles. The van der Waals surface area contributed by atoms with Crippen LogP contribution in [0.25, 0.3) is 0 Å². The van der Waals surface area contributed by atoms with Gasteiger partial charge in [-0.25, -0.2) is 4.68 Å². The van der Waals surface area contributed by atoms with E-state index in [1.54, 1.807) is 0 Å². The standard InChI is InChI=1S/C12H19N3O2/c1-8(2)7-15-11(16)6-5-10(14-15)12(17)13-9(3)4/h5-6,8-9H,7H2,1-4H3,(H,13,17). The number of carbonyl (C=O) groups is 1. The molecule has 0 aromatic carbocycles. The van der Waals surface area contributed by atoms with Gasteiger partial charge in [0.1, 0.15) is 5.69 Å². The molecule has 94 valence electrons. The molecule has 5 heteroatoms. The minimum atomic E-state index is -0.252. The van der Waals surface area contributed by atoms with Crippen molar-refractivity contribution in [3.8, 4) is 0 Å². The third kappa shape index (κ3) is 4.01. The second kappa shape index (κ2) is 5.61. The smallest absolute Gasteiger partial charge is 0.271 e. The van der Waals surface area contributed by atoms with Crippen molar-refractivity contribution in [1.82, 2.24) is 15.1 Å². The predicted octanol–water partition coefficient (Wildman–Crippen LogP) is 1.04. The van der Waals surface area contributed by atoms with Crippen LogP contribution in [-0.4, -0.2) is 21.7 Å². The summed E-state index contributed by atoms with van der Waals surface area (Å²) >= 11 is 0. The van der Waals surface area contributed by atoms with Crippen LogP contribution in [-0.2, 0) is 6.54 Å². The first kappa shape index (κ1) is 13.4. The van der Waals surface area contributed by atoms with Gasteiger partial charge >= 0.3 is 0 Å². The molecule has 0 radical (unpaired) electrons. The number of rotatable bonds is 4. The van der Waals surface area contributed by atoms with E-state index in [-0.39, 0.29) is 23.2 Å². The monoisotopic (exact) mass is 237 g/mol. The van der Waals surface area contributed by atoms with Crippen molar-refractivity contribution in [2.75, 3.05) is 0 Å². The predicted molar refractivity (Wildman–Crippen MR) is 65.9 cm³/mol. The molecule has 1 amide bonds. The molecule has 5 nitrogen and oxygen atoms in total. The number of aromatic nitrogens is 2. The van der Waals surface area contributed by atoms with E-state index in [0.29, 0.717) is 12.5 Å². The average Bonchev–Trinajstić information content (AvgIpc) is 2.19. The van der Waals surface area contributed by atoms with Gasteiger partial charge in [-0.2, -0.15) is 5.10 Å². The zero-order valence-electron chi connectivity index (χ0n) is 10.7. The molecular weight excluding hydrogens is 218 g/mol. The maximum Gasteiger partial charge on any atom is 0.271 e. The van der Waals surface area contributed by atoms with Gasteiger partial charge in [0.05, 0.1) is 0 Å². The average molecular weight is 237 g/mol. The summed E-state index contributed by atoms with van der Waals surface area (Å²) in [6.07, 6.45) is 0. The van der Waals surface area contributed by atoms with Crippen molar-refractivity contribution < 1.29 is 4.79 Å². The Bertz CT molecular complexity index is 449. The van der Waals surface area contributed by atoms with Crippen LogP contribution in [0.1, 0.15) is 38.2 Å². The molecule has 0 aliphatic rings. The summed E-state index contributed by atoms with van der Waals surface area (Å²) in [7, 11) is 0. The Morgan fingerprint density at radius 3 is 2.53 bits per heavy atom. The van der Waals surface area contributed by atoms with Gasteiger partial charge in [-0.15, -0.1) is 0 Å². The minimum absolute atomic E-state index is 0.0507. The summed E-state index contributed by atoms with van der Waals surface area (Å²) in [6.45, 7) is 8.26. The van der Waals surface area contributed by atoms with E-state index >= 15 is 0 Å². The van der Waals surface area contributed by atoms with Gasteiger partial charge in [0.15, 0.2) is 0 Å². The lowest BCUT2D eigenvalue weighted by molar-refractivity contribution is 0.0935. The van der Waals surface area contributed by atoms with Crippen molar-refractivity contribution >= 4 is 5.91 Å². The van der Waals surface area contributed by atoms with E-state index in [9.17, 15) is 9.59 Å². The molecule has 1 N–H and O–H groups in total. The van der Waals surface area contributed by atoms with Gasteiger partial charge in [-0.1, -0.05) is 13.8 Å². The first-order valence-electron chi connectivity index (χ1n) is 5.79. The molecule has 1 aromatic heterocycles. The van der Waals surface area contributed by atoms with E-state index in [1.165, 1.54) is 16.8 Å². The molecule has 0 unspecified atom stereocenters. The fourth-order valence-corrected chi connectivity index (χ4v) is 1.38. The van der Waals surface area contributed by atoms with Crippen LogP contribution in [0, 0.1) is 5.92 Å². The Morgan fingerprint density at radius 2 is 2.00 bits per heavy atom. The minimum Gasteiger partial charge on any atom is -0.348 e. The summed E-state index contributed by atoms with van der Waals surface area (Å²) in [6, 6.07) is 2.89. The van der Waals surface area contributed by atoms with Crippen LogP contribution in [0.15, 0.2) is 16.9 Å². The highest BCUT2D eigenvalue weighted by molar-refractivity contribution is 5.92. The summed E-state index contributed by atoms with van der Waals surface area (Å²) in [5.41, 5.74) is 0.0961. The zero-order chi connectivity index (χ0) is 13.0. The third-order valence-electron chi connectivity index (χ3n) is 2.06. The second-order valence-corrected chi connectivity index (χ2v) is 4.76. The molecule has 0 aliphatic heterocycles. The molecule has 0 saturated heterocycles. The van der Waals surface area contributed by atoms with Gasteiger partial charge in [0, 0.05) is 18.7 Å². The van der Waals surface area contributed by atoms with Crippen molar-refractivity contribution in [1.29, 1.82) is 0 Å². The molecule has 0 bridgehead atoms. The van der Waals surface area contributed by atoms with Crippen LogP contribution >= 0.6 is 0 Å². The van der Waals surface area contributed by atoms with Crippen molar-refractivity contribution in [3.63, 3.8) is 0 Å². The normalized spacial score (nSPS) is 10.9. The van der Waals surface area contributed by atoms with Crippen molar-refractivity contribution in [2.45, 2.75) is 40.3 Å². The highest BCUT2D eigenvalue weighted by Crippen LogP contribution is 1.97. The molecule has 1 heterocycles. The number of amides is 1. The maximum absolute atomic E-state index is 11.7. The van der Waals surface area contributed by atoms with E-state index in [4.69, 9.17) is 0 Å². The summed E-state index contributed by atoms with van der Waals surface area (Å²) in [5.74, 6) is 0.0566. The maximum atomic E-state index is 11.7. The lowest BCUT2D eigenvalue weighted by atomic mass is 10.2. The zero-order valence-corrected chi connectivity index (χ0v) is 10.7. The Labute approximate surface area is 101 Å². The van der Waals surface area contributed by atoms with Crippen LogP contribution in [0.2, 0.25) is 0 Å². The number of nitrogens with zero attached hydrogens (tertiary/aromatic N) is 2. The molecule has 0 fully saturated rings. The van der Waals surface area contributed by atoms with Crippen LogP contribution in [0.4, 0.5) is 0 Å². The van der Waals surface area contributed by atoms with Crippen LogP contribution < -0.4 is 10.9 Å². The van der Waals surface area contributed by atoms with E-state index in [1.807, 2.05) is 27.7 Å². The molecule has 0 aliphatic carbocycles. The van der Waals surface area contributed by atoms with Crippen molar-refractivity contribution in [2.24, 2.45) is 5.92 Å². The fourth-order valence-electron chi connectivity index (χ4n) is 1.38. The van der Waals surface area contributed by atoms with E-state index < -0.39 is 0 Å². The lowest BCUT2D eigenvalue weighted by Gasteiger charge is -2.10. The molecular formula is C12H19N3O2. The first-order chi connectivity index (χ1) is 7.90. The summed E-state index contributed by atoms with van der Waals surface area (Å²) in [5, 5.41) is 6.80. The number of hydrogen-bond donors (Lipinski definition) is 1. The quantitative estimate of drug-likeness (QED) is 0.851. The fraction of sp³-hybridized carbons (Fsp3) is 0.583. The topological polar surface area (TPSA) is 64.0 Å². The van der Waals surface area contributed by atoms with Crippen LogP contribution in [0.5, 0.6) is 0 Å². The molecule has 0 spiro atoms. The number of nitrogens with one attached hydrogen (secondary N) is 1. The molecule has 1 rings (SSSR count).